The van der Waals surface area contributed by atoms with Crippen molar-refractivity contribution < 1.29 is 34.7 Å². The van der Waals surface area contributed by atoms with Crippen molar-refractivity contribution in [3.63, 3.8) is 0 Å². The summed E-state index contributed by atoms with van der Waals surface area (Å²) < 4.78 is 0. The van der Waals surface area contributed by atoms with Crippen LogP contribution < -0.4 is 34.5 Å². The van der Waals surface area contributed by atoms with E-state index in [1.54, 1.807) is 12.3 Å². The summed E-state index contributed by atoms with van der Waals surface area (Å²) in [5.41, 5.74) is 0. The first kappa shape index (κ1) is 14.5. The molecule has 16 heavy (non-hydrogen) atoms. The van der Waals surface area contributed by atoms with Gasteiger partial charge in [0.15, 0.2) is 0 Å². The van der Waals surface area contributed by atoms with Gasteiger partial charge in [0.2, 0.25) is 0 Å². The Morgan fingerprint density at radius 1 is 1.62 bits per heavy atom. The quantitative estimate of drug-likeness (QED) is 0.520. The molecule has 0 spiro atoms. The maximum Gasteiger partial charge on any atom is 1.00 e. The second-order valence-electron chi connectivity index (χ2n) is 3.73. The Bertz CT molecular complexity index is 367. The van der Waals surface area contributed by atoms with E-state index in [9.17, 15) is 0 Å². The number of pyridine rings is 1. The van der Waals surface area contributed by atoms with Gasteiger partial charge in [-0.05, 0) is 6.42 Å². The van der Waals surface area contributed by atoms with E-state index in [0.29, 0.717) is 15.8 Å². The third kappa shape index (κ3) is 3.00. The Kier molecular flexibility index (Phi) is 5.77. The fraction of sp³-hybridized carbons (Fsp3) is 0.500. The number of aromatic nitrogens is 1. The number of aliphatic hydroxyl groups is 1. The second kappa shape index (κ2) is 6.38. The van der Waals surface area contributed by atoms with Crippen LogP contribution in [0.1, 0.15) is 6.42 Å². The fourth-order valence-electron chi connectivity index (χ4n) is 1.81. The monoisotopic (exact) mass is 266 g/mol. The summed E-state index contributed by atoms with van der Waals surface area (Å²) in [6.07, 6.45) is 2.66. The van der Waals surface area contributed by atoms with E-state index in [4.69, 9.17) is 29.3 Å². The normalized spacial score (nSPS) is 19.6. The first-order valence-corrected chi connectivity index (χ1v) is 5.68. The van der Waals surface area contributed by atoms with Gasteiger partial charge in [0.25, 0.3) is 0 Å². The molecule has 1 aromatic heterocycles. The fourth-order valence-corrected chi connectivity index (χ4v) is 2.19. The van der Waals surface area contributed by atoms with Gasteiger partial charge >= 0.3 is 29.6 Å². The molecule has 82 valence electrons. The van der Waals surface area contributed by atoms with E-state index in [0.717, 1.165) is 25.3 Å². The molecular weight excluding hydrogens is 255 g/mol. The maximum atomic E-state index is 9.05. The molecule has 0 saturated carbocycles. The number of hydrogen-bond acceptors (Lipinski definition) is 4. The van der Waals surface area contributed by atoms with Crippen LogP contribution in [0.3, 0.4) is 0 Å². The van der Waals surface area contributed by atoms with Gasteiger partial charge in [-0.1, -0.05) is 17.7 Å². The Morgan fingerprint density at radius 3 is 3.00 bits per heavy atom. The average molecular weight is 267 g/mol. The van der Waals surface area contributed by atoms with Crippen LogP contribution in [-0.2, 0) is 12.6 Å². The van der Waals surface area contributed by atoms with Gasteiger partial charge in [-0.3, -0.25) is 0 Å². The first-order chi connectivity index (χ1) is 7.22. The summed E-state index contributed by atoms with van der Waals surface area (Å²) >= 11 is 11.2. The number of halogens is 1. The molecule has 1 aliphatic rings. The van der Waals surface area contributed by atoms with Crippen molar-refractivity contribution in [3.05, 3.63) is 17.3 Å². The average Bonchev–Trinajstić information content (AvgIpc) is 2.70. The molecule has 3 nitrogen and oxygen atoms in total. The van der Waals surface area contributed by atoms with Gasteiger partial charge in [0, 0.05) is 31.8 Å². The molecular formula is C10H12ClN2NaOS. The molecule has 1 aliphatic heterocycles. The Labute approximate surface area is 128 Å². The van der Waals surface area contributed by atoms with Gasteiger partial charge < -0.3 is 22.6 Å². The van der Waals surface area contributed by atoms with Crippen LogP contribution in [0.5, 0.6) is 0 Å². The van der Waals surface area contributed by atoms with Crippen molar-refractivity contribution in [1.82, 2.24) is 4.98 Å². The molecule has 1 aromatic rings. The van der Waals surface area contributed by atoms with Crippen molar-refractivity contribution in [2.75, 3.05) is 24.6 Å². The summed E-state index contributed by atoms with van der Waals surface area (Å²) in [7, 11) is 0. The molecule has 1 unspecified atom stereocenters. The Hall–Kier alpha value is 0.420. The van der Waals surface area contributed by atoms with Crippen LogP contribution in [0, 0.1) is 5.92 Å². The third-order valence-electron chi connectivity index (χ3n) is 2.68. The van der Waals surface area contributed by atoms with Crippen LogP contribution in [0.25, 0.3) is 0 Å². The molecule has 0 aromatic carbocycles. The van der Waals surface area contributed by atoms with Crippen LogP contribution in [-0.4, -0.2) is 29.8 Å². The Balaban J connectivity index is 0.00000128. The minimum Gasteiger partial charge on any atom is -0.778 e. The molecule has 0 radical (unpaired) electrons. The number of aliphatic hydroxyl groups excluding tert-OH is 1. The molecule has 6 heteroatoms. The van der Waals surface area contributed by atoms with Crippen molar-refractivity contribution >= 4 is 30.0 Å². The third-order valence-corrected chi connectivity index (χ3v) is 3.50. The van der Waals surface area contributed by atoms with Crippen molar-refractivity contribution in [2.45, 2.75) is 11.3 Å². The molecule has 2 rings (SSSR count). The number of hydrogen-bond donors (Lipinski definition) is 1. The molecule has 1 saturated heterocycles. The SMILES string of the molecule is OCC1CCN(c2nccc([S-])c2Cl)C1.[Na+]. The summed E-state index contributed by atoms with van der Waals surface area (Å²) in [6, 6.07) is 1.72. The van der Waals surface area contributed by atoms with E-state index < -0.39 is 0 Å². The zero-order valence-electron chi connectivity index (χ0n) is 9.19. The first-order valence-electron chi connectivity index (χ1n) is 4.89. The molecule has 2 heterocycles. The molecule has 0 amide bonds. The van der Waals surface area contributed by atoms with Gasteiger partial charge in [-0.15, -0.1) is 0 Å². The summed E-state index contributed by atoms with van der Waals surface area (Å²) in [5, 5.41) is 9.60. The Morgan fingerprint density at radius 2 is 2.38 bits per heavy atom. The van der Waals surface area contributed by atoms with Gasteiger partial charge in [0.05, 0.1) is 5.02 Å². The van der Waals surface area contributed by atoms with Gasteiger partial charge in [-0.2, -0.15) is 4.90 Å². The van der Waals surface area contributed by atoms with E-state index >= 15 is 0 Å². The second-order valence-corrected chi connectivity index (χ2v) is 4.55. The van der Waals surface area contributed by atoms with Crippen molar-refractivity contribution in [2.24, 2.45) is 5.92 Å². The van der Waals surface area contributed by atoms with Gasteiger partial charge in [-0.25, -0.2) is 4.98 Å². The van der Waals surface area contributed by atoms with Crippen LogP contribution in [0.15, 0.2) is 17.2 Å². The standard InChI is InChI=1S/C10H13ClN2OS.Na/c11-9-8(15)1-3-12-10(9)13-4-2-7(5-13)6-14;/h1,3,7,14H,2,4-6H2,(H,12,15);/q;+1/p-1. The minimum atomic E-state index is 0. The minimum absolute atomic E-state index is 0. The predicted molar refractivity (Wildman–Crippen MR) is 62.3 cm³/mol. The van der Waals surface area contributed by atoms with E-state index in [-0.39, 0.29) is 36.2 Å². The predicted octanol–water partition coefficient (Wildman–Crippen LogP) is -1.54. The van der Waals surface area contributed by atoms with Crippen LogP contribution in [0.4, 0.5) is 5.82 Å². The number of rotatable bonds is 2. The maximum absolute atomic E-state index is 9.05. The van der Waals surface area contributed by atoms with Crippen molar-refractivity contribution in [1.29, 1.82) is 0 Å². The number of anilines is 1. The molecule has 0 bridgehead atoms. The summed E-state index contributed by atoms with van der Waals surface area (Å²) in [6.45, 7) is 1.92. The summed E-state index contributed by atoms with van der Waals surface area (Å²) in [4.78, 5) is 6.95. The largest absolute Gasteiger partial charge is 1.00 e. The molecule has 1 atom stereocenters. The topological polar surface area (TPSA) is 36.4 Å². The molecule has 0 aliphatic carbocycles. The smallest absolute Gasteiger partial charge is 0.778 e. The van der Waals surface area contributed by atoms with E-state index in [1.807, 2.05) is 0 Å². The van der Waals surface area contributed by atoms with Crippen LogP contribution in [0.2, 0.25) is 5.02 Å². The number of nitrogens with zero attached hydrogens (tertiary/aromatic N) is 2. The zero-order chi connectivity index (χ0) is 10.8. The summed E-state index contributed by atoms with van der Waals surface area (Å²) in [5.74, 6) is 1.08. The van der Waals surface area contributed by atoms with E-state index in [2.05, 4.69) is 9.88 Å². The van der Waals surface area contributed by atoms with Gasteiger partial charge in [0.1, 0.15) is 5.82 Å². The molecule has 1 fully saturated rings. The molecule has 1 N–H and O–H groups in total. The van der Waals surface area contributed by atoms with Crippen LogP contribution >= 0.6 is 11.6 Å². The zero-order valence-corrected chi connectivity index (χ0v) is 12.8. The van der Waals surface area contributed by atoms with E-state index in [1.165, 1.54) is 0 Å². The van der Waals surface area contributed by atoms with Crippen molar-refractivity contribution in [3.8, 4) is 0 Å².